The normalized spacial score (nSPS) is 20.4. The Bertz CT molecular complexity index is 806. The van der Waals surface area contributed by atoms with E-state index in [1.807, 2.05) is 13.0 Å². The number of sulfonamides is 1. The number of nitrogens with zero attached hydrogens (tertiary/aromatic N) is 2. The maximum Gasteiger partial charge on any atom is 0.271 e. The van der Waals surface area contributed by atoms with Crippen LogP contribution in [0.3, 0.4) is 0 Å². The number of hydrogen-bond donors (Lipinski definition) is 1. The highest BCUT2D eigenvalue weighted by atomic mass is 32.2. The first-order valence-electron chi connectivity index (χ1n) is 8.11. The van der Waals surface area contributed by atoms with E-state index in [1.54, 1.807) is 12.1 Å². The van der Waals surface area contributed by atoms with Crippen LogP contribution in [0.5, 0.6) is 0 Å². The minimum Gasteiger partial charge on any atom is -0.267 e. The molecule has 0 aromatic heterocycles. The Morgan fingerprint density at radius 2 is 1.96 bits per heavy atom. The molecule has 1 aliphatic heterocycles. The third-order valence-electron chi connectivity index (χ3n) is 4.29. The number of amides is 1. The van der Waals surface area contributed by atoms with Crippen molar-refractivity contribution in [2.24, 2.45) is 5.10 Å². The topological polar surface area (TPSA) is 78.8 Å². The molecule has 1 fully saturated rings. The number of hydrogen-bond acceptors (Lipinski definition) is 4. The van der Waals surface area contributed by atoms with Crippen molar-refractivity contribution in [3.05, 3.63) is 41.5 Å². The summed E-state index contributed by atoms with van der Waals surface area (Å²) in [7, 11) is -3.52. The fourth-order valence-corrected chi connectivity index (χ4v) is 4.47. The van der Waals surface area contributed by atoms with Gasteiger partial charge in [0.1, 0.15) is 0 Å². The summed E-state index contributed by atoms with van der Waals surface area (Å²) >= 11 is 0. The van der Waals surface area contributed by atoms with Crippen LogP contribution < -0.4 is 5.43 Å². The number of rotatable bonds is 4. The van der Waals surface area contributed by atoms with Crippen molar-refractivity contribution >= 4 is 21.6 Å². The molecular formula is C17H21N3O3S. The van der Waals surface area contributed by atoms with Crippen molar-refractivity contribution in [3.63, 3.8) is 0 Å². The minimum absolute atomic E-state index is 0.154. The van der Waals surface area contributed by atoms with E-state index in [4.69, 9.17) is 0 Å². The van der Waals surface area contributed by atoms with Crippen LogP contribution >= 0.6 is 0 Å². The van der Waals surface area contributed by atoms with E-state index in [0.29, 0.717) is 18.7 Å². The average molecular weight is 347 g/mol. The first-order valence-corrected chi connectivity index (χ1v) is 9.55. The van der Waals surface area contributed by atoms with Crippen molar-refractivity contribution in [3.8, 4) is 0 Å². The van der Waals surface area contributed by atoms with Gasteiger partial charge in [0.05, 0.1) is 10.6 Å². The largest absolute Gasteiger partial charge is 0.271 e. The zero-order valence-corrected chi connectivity index (χ0v) is 14.5. The molecule has 0 atom stereocenters. The molecule has 0 bridgehead atoms. The average Bonchev–Trinajstić information content (AvgIpc) is 3.24. The zero-order chi connectivity index (χ0) is 17.2. The predicted molar refractivity (Wildman–Crippen MR) is 92.3 cm³/mol. The lowest BCUT2D eigenvalue weighted by atomic mass is 10.2. The quantitative estimate of drug-likeness (QED) is 0.849. The van der Waals surface area contributed by atoms with Gasteiger partial charge in [-0.15, -0.1) is 0 Å². The van der Waals surface area contributed by atoms with Gasteiger partial charge in [-0.1, -0.05) is 11.6 Å². The molecule has 1 aliphatic carbocycles. The first kappa shape index (κ1) is 16.9. The molecule has 1 amide bonds. The standard InChI is InChI=1S/C17H21N3O3S/c1-13-7-8-15(11-13)18-19-17(21)14-5-4-6-16(12-14)24(22,23)20-9-2-3-10-20/h4-6,11-12H,2-3,7-10H2,1H3,(H,19,21). The van der Waals surface area contributed by atoms with Crippen LogP contribution in [0, 0.1) is 0 Å². The van der Waals surface area contributed by atoms with E-state index in [0.717, 1.165) is 31.4 Å². The second kappa shape index (κ2) is 6.86. The second-order valence-corrected chi connectivity index (χ2v) is 8.11. The van der Waals surface area contributed by atoms with Gasteiger partial charge >= 0.3 is 0 Å². The van der Waals surface area contributed by atoms with Gasteiger partial charge in [0.15, 0.2) is 0 Å². The summed E-state index contributed by atoms with van der Waals surface area (Å²) in [5, 5.41) is 4.10. The SMILES string of the molecule is CC1=CC(=NNC(=O)c2cccc(S(=O)(=O)N3CCCC3)c2)CC1. The summed E-state index contributed by atoms with van der Waals surface area (Å²) in [5.74, 6) is -0.404. The van der Waals surface area contributed by atoms with Crippen LogP contribution in [-0.4, -0.2) is 37.4 Å². The highest BCUT2D eigenvalue weighted by Crippen LogP contribution is 2.21. The van der Waals surface area contributed by atoms with Crippen molar-refractivity contribution < 1.29 is 13.2 Å². The van der Waals surface area contributed by atoms with Gasteiger partial charge < -0.3 is 0 Å². The molecule has 2 aliphatic rings. The summed E-state index contributed by atoms with van der Waals surface area (Å²) in [6.07, 6.45) is 5.48. The molecular weight excluding hydrogens is 326 g/mol. The molecule has 1 aromatic carbocycles. The molecule has 1 saturated heterocycles. The summed E-state index contributed by atoms with van der Waals surface area (Å²) in [6, 6.07) is 6.12. The molecule has 1 N–H and O–H groups in total. The fourth-order valence-electron chi connectivity index (χ4n) is 2.90. The molecule has 3 rings (SSSR count). The van der Waals surface area contributed by atoms with E-state index in [9.17, 15) is 13.2 Å². The lowest BCUT2D eigenvalue weighted by Crippen LogP contribution is -2.28. The van der Waals surface area contributed by atoms with Crippen LogP contribution in [0.1, 0.15) is 43.0 Å². The van der Waals surface area contributed by atoms with Crippen LogP contribution in [0.15, 0.2) is 45.9 Å². The van der Waals surface area contributed by atoms with Crippen molar-refractivity contribution in [1.82, 2.24) is 9.73 Å². The van der Waals surface area contributed by atoms with Crippen molar-refractivity contribution in [2.75, 3.05) is 13.1 Å². The smallest absolute Gasteiger partial charge is 0.267 e. The molecule has 1 heterocycles. The van der Waals surface area contributed by atoms with Gasteiger partial charge in [-0.25, -0.2) is 13.8 Å². The number of carbonyl (C=O) groups excluding carboxylic acids is 1. The minimum atomic E-state index is -3.52. The maximum absolute atomic E-state index is 12.6. The maximum atomic E-state index is 12.6. The number of benzene rings is 1. The Kier molecular flexibility index (Phi) is 4.82. The lowest BCUT2D eigenvalue weighted by Gasteiger charge is -2.15. The zero-order valence-electron chi connectivity index (χ0n) is 13.7. The van der Waals surface area contributed by atoms with Gasteiger partial charge in [-0.2, -0.15) is 9.41 Å². The molecule has 24 heavy (non-hydrogen) atoms. The molecule has 0 radical (unpaired) electrons. The number of carbonyl (C=O) groups is 1. The molecule has 0 spiro atoms. The highest BCUT2D eigenvalue weighted by molar-refractivity contribution is 7.89. The predicted octanol–water partition coefficient (Wildman–Crippen LogP) is 2.30. The summed E-state index contributed by atoms with van der Waals surface area (Å²) in [5.41, 5.74) is 4.87. The summed E-state index contributed by atoms with van der Waals surface area (Å²) in [6.45, 7) is 3.10. The van der Waals surface area contributed by atoms with Gasteiger partial charge in [0.25, 0.3) is 5.91 Å². The Labute approximate surface area is 142 Å². The fraction of sp³-hybridized carbons (Fsp3) is 0.412. The van der Waals surface area contributed by atoms with E-state index >= 15 is 0 Å². The second-order valence-electron chi connectivity index (χ2n) is 6.17. The van der Waals surface area contributed by atoms with Crippen LogP contribution in [0.2, 0.25) is 0 Å². The van der Waals surface area contributed by atoms with E-state index < -0.39 is 15.9 Å². The van der Waals surface area contributed by atoms with Gasteiger partial charge in [0.2, 0.25) is 10.0 Å². The van der Waals surface area contributed by atoms with Crippen molar-refractivity contribution in [2.45, 2.75) is 37.5 Å². The van der Waals surface area contributed by atoms with Crippen LogP contribution in [-0.2, 0) is 10.0 Å². The lowest BCUT2D eigenvalue weighted by molar-refractivity contribution is 0.0954. The monoisotopic (exact) mass is 347 g/mol. The number of nitrogens with one attached hydrogen (secondary N) is 1. The molecule has 128 valence electrons. The molecule has 7 heteroatoms. The number of hydrazone groups is 1. The van der Waals surface area contributed by atoms with Gasteiger partial charge in [0, 0.05) is 18.7 Å². The molecule has 0 unspecified atom stereocenters. The Hall–Kier alpha value is -1.99. The van der Waals surface area contributed by atoms with Crippen molar-refractivity contribution in [1.29, 1.82) is 0 Å². The Morgan fingerprint density at radius 1 is 1.21 bits per heavy atom. The van der Waals surface area contributed by atoms with Crippen LogP contribution in [0.4, 0.5) is 0 Å². The third kappa shape index (κ3) is 3.57. The van der Waals surface area contributed by atoms with E-state index in [2.05, 4.69) is 10.5 Å². The van der Waals surface area contributed by atoms with E-state index in [1.165, 1.54) is 22.0 Å². The highest BCUT2D eigenvalue weighted by Gasteiger charge is 2.27. The number of allylic oxidation sites excluding steroid dienone is 2. The third-order valence-corrected chi connectivity index (χ3v) is 6.18. The Balaban J connectivity index is 1.76. The Morgan fingerprint density at radius 3 is 2.62 bits per heavy atom. The first-order chi connectivity index (χ1) is 11.5. The molecule has 0 saturated carbocycles. The van der Waals surface area contributed by atoms with Gasteiger partial charge in [-0.3, -0.25) is 4.79 Å². The van der Waals surface area contributed by atoms with Gasteiger partial charge in [-0.05, 0) is 56.9 Å². The molecule has 6 nitrogen and oxygen atoms in total. The summed E-state index contributed by atoms with van der Waals surface area (Å²) < 4.78 is 26.6. The summed E-state index contributed by atoms with van der Waals surface area (Å²) in [4.78, 5) is 12.4. The molecule has 1 aromatic rings. The van der Waals surface area contributed by atoms with E-state index in [-0.39, 0.29) is 4.90 Å². The van der Waals surface area contributed by atoms with Crippen LogP contribution in [0.25, 0.3) is 0 Å².